The van der Waals surface area contributed by atoms with Gasteiger partial charge in [0.2, 0.25) is 5.91 Å². The minimum Gasteiger partial charge on any atom is -0.352 e. The van der Waals surface area contributed by atoms with Gasteiger partial charge in [0.25, 0.3) is 0 Å². The first-order valence-electron chi connectivity index (χ1n) is 6.79. The largest absolute Gasteiger partial charge is 0.352 e. The smallest absolute Gasteiger partial charge is 0.240 e. The quantitative estimate of drug-likeness (QED) is 0.802. The maximum atomic E-state index is 11.7. The van der Waals surface area contributed by atoms with Crippen LogP contribution in [0.4, 0.5) is 0 Å². The molecular weight excluding hydrogens is 226 g/mol. The van der Waals surface area contributed by atoms with E-state index in [4.69, 9.17) is 5.73 Å². The van der Waals surface area contributed by atoms with Crippen molar-refractivity contribution in [2.75, 3.05) is 0 Å². The van der Waals surface area contributed by atoms with E-state index in [0.29, 0.717) is 6.54 Å². The van der Waals surface area contributed by atoms with E-state index >= 15 is 0 Å². The second kappa shape index (κ2) is 5.57. The highest BCUT2D eigenvalue weighted by atomic mass is 16.2. The molecule has 100 valence electrons. The lowest BCUT2D eigenvalue weighted by Gasteiger charge is -2.09. The number of aromatic nitrogens is 1. The molecule has 1 heterocycles. The molecule has 1 amide bonds. The van der Waals surface area contributed by atoms with Gasteiger partial charge in [0.1, 0.15) is 6.54 Å². The van der Waals surface area contributed by atoms with Gasteiger partial charge in [0, 0.05) is 24.5 Å². The summed E-state index contributed by atoms with van der Waals surface area (Å²) in [6.07, 6.45) is 8.66. The molecule has 1 aromatic rings. The van der Waals surface area contributed by atoms with Gasteiger partial charge in [-0.3, -0.25) is 4.79 Å². The summed E-state index contributed by atoms with van der Waals surface area (Å²) < 4.78 is 1.97. The number of hydrogen-bond donors (Lipinski definition) is 2. The number of aryl methyl sites for hydroxylation is 1. The lowest BCUT2D eigenvalue weighted by atomic mass is 10.1. The molecule has 1 aliphatic rings. The predicted molar refractivity (Wildman–Crippen MR) is 72.2 cm³/mol. The lowest BCUT2D eigenvalue weighted by molar-refractivity contribution is -0.122. The van der Waals surface area contributed by atoms with Crippen molar-refractivity contribution >= 4 is 5.91 Å². The number of carbonyl (C=O) groups is 1. The zero-order chi connectivity index (χ0) is 13.1. The van der Waals surface area contributed by atoms with Crippen LogP contribution in [0.2, 0.25) is 0 Å². The number of nitrogens with two attached hydrogens (primary N) is 1. The Labute approximate surface area is 109 Å². The van der Waals surface area contributed by atoms with Crippen molar-refractivity contribution in [2.24, 2.45) is 5.73 Å². The number of nitrogens with one attached hydrogen (secondary N) is 1. The summed E-state index contributed by atoms with van der Waals surface area (Å²) in [5, 5.41) is 2.90. The van der Waals surface area contributed by atoms with E-state index < -0.39 is 0 Å². The molecule has 4 heteroatoms. The molecule has 0 fully saturated rings. The van der Waals surface area contributed by atoms with E-state index in [1.165, 1.54) is 24.0 Å². The zero-order valence-corrected chi connectivity index (χ0v) is 11.3. The molecule has 1 aliphatic carbocycles. The second-order valence-corrected chi connectivity index (χ2v) is 5.49. The summed E-state index contributed by atoms with van der Waals surface area (Å²) in [6, 6.07) is 0.324. The molecule has 18 heavy (non-hydrogen) atoms. The normalized spacial score (nSPS) is 19.4. The SMILES string of the molecule is CC(C)NC(=O)Cn1cc2c(c1)C(N)CCCC2. The van der Waals surface area contributed by atoms with Gasteiger partial charge in [-0.15, -0.1) is 0 Å². The Balaban J connectivity index is 2.07. The predicted octanol–water partition coefficient (Wildman–Crippen LogP) is 1.74. The fourth-order valence-electron chi connectivity index (χ4n) is 2.58. The number of hydrogen-bond acceptors (Lipinski definition) is 2. The molecule has 1 atom stereocenters. The minimum atomic E-state index is 0.0590. The van der Waals surface area contributed by atoms with Crippen LogP contribution in [-0.4, -0.2) is 16.5 Å². The average Bonchev–Trinajstić information content (AvgIpc) is 2.58. The number of fused-ring (bicyclic) bond motifs is 1. The Morgan fingerprint density at radius 2 is 2.28 bits per heavy atom. The van der Waals surface area contributed by atoms with Crippen LogP contribution in [0.1, 0.15) is 50.3 Å². The molecular formula is C14H23N3O. The van der Waals surface area contributed by atoms with Crippen LogP contribution in [0.3, 0.4) is 0 Å². The van der Waals surface area contributed by atoms with Crippen molar-refractivity contribution in [2.45, 2.75) is 58.2 Å². The van der Waals surface area contributed by atoms with Crippen LogP contribution in [0, 0.1) is 0 Å². The monoisotopic (exact) mass is 249 g/mol. The van der Waals surface area contributed by atoms with Crippen LogP contribution in [0.25, 0.3) is 0 Å². The Kier molecular flexibility index (Phi) is 4.07. The highest BCUT2D eigenvalue weighted by molar-refractivity contribution is 5.76. The van der Waals surface area contributed by atoms with Crippen molar-refractivity contribution in [3.05, 3.63) is 23.5 Å². The van der Waals surface area contributed by atoms with E-state index in [2.05, 4.69) is 11.5 Å². The Morgan fingerprint density at radius 1 is 1.50 bits per heavy atom. The number of rotatable bonds is 3. The van der Waals surface area contributed by atoms with Crippen LogP contribution >= 0.6 is 0 Å². The Hall–Kier alpha value is -1.29. The topological polar surface area (TPSA) is 60.0 Å². The van der Waals surface area contributed by atoms with Gasteiger partial charge in [0.15, 0.2) is 0 Å². The molecule has 0 radical (unpaired) electrons. The van der Waals surface area contributed by atoms with Crippen molar-refractivity contribution in [3.8, 4) is 0 Å². The van der Waals surface area contributed by atoms with Gasteiger partial charge in [-0.05, 0) is 44.2 Å². The zero-order valence-electron chi connectivity index (χ0n) is 11.3. The molecule has 3 N–H and O–H groups in total. The maximum absolute atomic E-state index is 11.7. The molecule has 1 unspecified atom stereocenters. The summed E-state index contributed by atoms with van der Waals surface area (Å²) in [7, 11) is 0. The molecule has 0 aliphatic heterocycles. The van der Waals surface area contributed by atoms with E-state index in [1.54, 1.807) is 0 Å². The first-order valence-corrected chi connectivity index (χ1v) is 6.79. The summed E-state index contributed by atoms with van der Waals surface area (Å²) in [5.41, 5.74) is 8.70. The van der Waals surface area contributed by atoms with Crippen molar-refractivity contribution in [1.82, 2.24) is 9.88 Å². The van der Waals surface area contributed by atoms with E-state index in [1.807, 2.05) is 24.6 Å². The third-order valence-electron chi connectivity index (χ3n) is 3.38. The van der Waals surface area contributed by atoms with Crippen LogP contribution < -0.4 is 11.1 Å². The van der Waals surface area contributed by atoms with E-state index in [9.17, 15) is 4.79 Å². The van der Waals surface area contributed by atoms with Crippen LogP contribution in [0.5, 0.6) is 0 Å². The summed E-state index contributed by atoms with van der Waals surface area (Å²) in [6.45, 7) is 4.33. The Bertz CT molecular complexity index is 423. The van der Waals surface area contributed by atoms with Gasteiger partial charge >= 0.3 is 0 Å². The first kappa shape index (κ1) is 13.1. The molecule has 0 saturated heterocycles. The van der Waals surface area contributed by atoms with Crippen molar-refractivity contribution in [1.29, 1.82) is 0 Å². The molecule has 0 spiro atoms. The second-order valence-electron chi connectivity index (χ2n) is 5.49. The molecule has 0 bridgehead atoms. The summed E-state index contributed by atoms with van der Waals surface area (Å²) in [4.78, 5) is 11.7. The maximum Gasteiger partial charge on any atom is 0.240 e. The van der Waals surface area contributed by atoms with Gasteiger partial charge < -0.3 is 15.6 Å². The van der Waals surface area contributed by atoms with E-state index in [-0.39, 0.29) is 18.0 Å². The fraction of sp³-hybridized carbons (Fsp3) is 0.643. The van der Waals surface area contributed by atoms with Gasteiger partial charge in [-0.2, -0.15) is 0 Å². The third-order valence-corrected chi connectivity index (χ3v) is 3.38. The standard InChI is InChI=1S/C14H23N3O/c1-10(2)16-14(18)9-17-7-11-5-3-4-6-13(15)12(11)8-17/h7-8,10,13H,3-6,9,15H2,1-2H3,(H,16,18). The number of carbonyl (C=O) groups excluding carboxylic acids is 1. The highest BCUT2D eigenvalue weighted by Crippen LogP contribution is 2.27. The molecule has 0 saturated carbocycles. The Morgan fingerprint density at radius 3 is 3.00 bits per heavy atom. The minimum absolute atomic E-state index is 0.0590. The highest BCUT2D eigenvalue weighted by Gasteiger charge is 2.18. The van der Waals surface area contributed by atoms with Crippen LogP contribution in [-0.2, 0) is 17.8 Å². The fourth-order valence-corrected chi connectivity index (χ4v) is 2.58. The molecule has 2 rings (SSSR count). The van der Waals surface area contributed by atoms with Gasteiger partial charge in [-0.1, -0.05) is 6.42 Å². The van der Waals surface area contributed by atoms with Gasteiger partial charge in [-0.25, -0.2) is 0 Å². The summed E-state index contributed by atoms with van der Waals surface area (Å²) >= 11 is 0. The molecule has 1 aromatic heterocycles. The number of nitrogens with zero attached hydrogens (tertiary/aromatic N) is 1. The van der Waals surface area contributed by atoms with Crippen molar-refractivity contribution < 1.29 is 4.79 Å². The van der Waals surface area contributed by atoms with Crippen LogP contribution in [0.15, 0.2) is 12.4 Å². The van der Waals surface area contributed by atoms with E-state index in [0.717, 1.165) is 12.8 Å². The molecule has 0 aromatic carbocycles. The first-order chi connectivity index (χ1) is 8.56. The average molecular weight is 249 g/mol. The lowest BCUT2D eigenvalue weighted by Crippen LogP contribution is -2.32. The molecule has 4 nitrogen and oxygen atoms in total. The van der Waals surface area contributed by atoms with Crippen molar-refractivity contribution in [3.63, 3.8) is 0 Å². The summed E-state index contributed by atoms with van der Waals surface area (Å²) in [5.74, 6) is 0.0590. The number of amides is 1. The van der Waals surface area contributed by atoms with Gasteiger partial charge in [0.05, 0.1) is 0 Å². The third kappa shape index (κ3) is 3.13.